The molecule has 0 saturated carbocycles. The van der Waals surface area contributed by atoms with E-state index in [1.54, 1.807) is 12.4 Å². The van der Waals surface area contributed by atoms with Crippen LogP contribution in [0.3, 0.4) is 0 Å². The molecule has 1 unspecified atom stereocenters. The molecule has 0 fully saturated rings. The van der Waals surface area contributed by atoms with Crippen LogP contribution < -0.4 is 5.32 Å². The highest BCUT2D eigenvalue weighted by Crippen LogP contribution is 2.24. The van der Waals surface area contributed by atoms with Crippen LogP contribution in [0.2, 0.25) is 5.02 Å². The van der Waals surface area contributed by atoms with Crippen LogP contribution in [-0.2, 0) is 7.05 Å². The highest BCUT2D eigenvalue weighted by molar-refractivity contribution is 6.31. The smallest absolute Gasteiger partial charge is 0.131 e. The van der Waals surface area contributed by atoms with Crippen molar-refractivity contribution in [3.05, 3.63) is 47.3 Å². The second-order valence-electron chi connectivity index (χ2n) is 4.15. The maximum Gasteiger partial charge on any atom is 0.131 e. The zero-order valence-electron chi connectivity index (χ0n) is 10.6. The van der Waals surface area contributed by atoms with Crippen LogP contribution in [-0.4, -0.2) is 21.1 Å². The summed E-state index contributed by atoms with van der Waals surface area (Å²) >= 11 is 6.23. The van der Waals surface area contributed by atoms with Crippen molar-refractivity contribution in [1.82, 2.24) is 19.9 Å². The van der Waals surface area contributed by atoms with E-state index in [1.807, 2.05) is 29.9 Å². The lowest BCUT2D eigenvalue weighted by Crippen LogP contribution is -2.26. The van der Waals surface area contributed by atoms with E-state index in [9.17, 15) is 0 Å². The number of nitrogens with one attached hydrogen (secondary N) is 1. The second kappa shape index (κ2) is 5.98. The molecule has 2 heterocycles. The van der Waals surface area contributed by atoms with E-state index in [2.05, 4.69) is 22.2 Å². The number of hydrogen-bond acceptors (Lipinski definition) is 3. The van der Waals surface area contributed by atoms with Gasteiger partial charge in [0.05, 0.1) is 10.7 Å². The van der Waals surface area contributed by atoms with Gasteiger partial charge in [-0.25, -0.2) is 4.98 Å². The minimum Gasteiger partial charge on any atom is -0.336 e. The SMILES string of the molecule is CCCNC(c1ncccc1Cl)c1nccn1C. The highest BCUT2D eigenvalue weighted by atomic mass is 35.5. The molecule has 0 saturated heterocycles. The van der Waals surface area contributed by atoms with E-state index in [-0.39, 0.29) is 6.04 Å². The van der Waals surface area contributed by atoms with Crippen LogP contribution in [0.1, 0.15) is 30.9 Å². The quantitative estimate of drug-likeness (QED) is 0.903. The molecule has 0 aliphatic rings. The topological polar surface area (TPSA) is 42.7 Å². The number of pyridine rings is 1. The molecule has 0 aromatic carbocycles. The molecule has 0 aliphatic carbocycles. The first-order valence-electron chi connectivity index (χ1n) is 6.05. The Balaban J connectivity index is 2.37. The molecule has 5 heteroatoms. The zero-order chi connectivity index (χ0) is 13.0. The molecule has 1 atom stereocenters. The average Bonchev–Trinajstić information content (AvgIpc) is 2.78. The van der Waals surface area contributed by atoms with Crippen LogP contribution >= 0.6 is 11.6 Å². The van der Waals surface area contributed by atoms with Crippen molar-refractivity contribution in [2.75, 3.05) is 6.54 Å². The number of aromatic nitrogens is 3. The molecule has 4 nitrogen and oxygen atoms in total. The first-order chi connectivity index (χ1) is 8.74. The van der Waals surface area contributed by atoms with E-state index >= 15 is 0 Å². The van der Waals surface area contributed by atoms with Crippen molar-refractivity contribution in [2.45, 2.75) is 19.4 Å². The van der Waals surface area contributed by atoms with Crippen molar-refractivity contribution < 1.29 is 0 Å². The minimum atomic E-state index is -0.0707. The number of hydrogen-bond donors (Lipinski definition) is 1. The summed E-state index contributed by atoms with van der Waals surface area (Å²) in [7, 11) is 1.97. The van der Waals surface area contributed by atoms with E-state index in [1.165, 1.54) is 0 Å². The van der Waals surface area contributed by atoms with Crippen molar-refractivity contribution in [2.24, 2.45) is 7.05 Å². The monoisotopic (exact) mass is 264 g/mol. The molecule has 96 valence electrons. The molecule has 0 spiro atoms. The molecule has 2 aromatic heterocycles. The largest absolute Gasteiger partial charge is 0.336 e. The summed E-state index contributed by atoms with van der Waals surface area (Å²) < 4.78 is 1.98. The van der Waals surface area contributed by atoms with Gasteiger partial charge >= 0.3 is 0 Å². The third-order valence-corrected chi connectivity index (χ3v) is 3.10. The Kier molecular flexibility index (Phi) is 4.33. The Hall–Kier alpha value is -1.39. The van der Waals surface area contributed by atoms with Crippen molar-refractivity contribution in [3.63, 3.8) is 0 Å². The summed E-state index contributed by atoms with van der Waals surface area (Å²) in [6, 6.07) is 3.62. The summed E-state index contributed by atoms with van der Waals surface area (Å²) in [6.07, 6.45) is 6.51. The third kappa shape index (κ3) is 2.71. The van der Waals surface area contributed by atoms with Gasteiger partial charge in [0.2, 0.25) is 0 Å². The number of rotatable bonds is 5. The fraction of sp³-hybridized carbons (Fsp3) is 0.385. The molecule has 18 heavy (non-hydrogen) atoms. The van der Waals surface area contributed by atoms with Gasteiger partial charge in [-0.05, 0) is 25.1 Å². The molecule has 1 N–H and O–H groups in total. The third-order valence-electron chi connectivity index (χ3n) is 2.78. The number of halogens is 1. The fourth-order valence-corrected chi connectivity index (χ4v) is 2.10. The summed E-state index contributed by atoms with van der Waals surface area (Å²) in [5.74, 6) is 0.920. The Labute approximate surface area is 112 Å². The van der Waals surface area contributed by atoms with Crippen molar-refractivity contribution in [1.29, 1.82) is 0 Å². The molecular formula is C13H17ClN4. The van der Waals surface area contributed by atoms with Crippen LogP contribution in [0, 0.1) is 0 Å². The Morgan fingerprint density at radius 3 is 2.83 bits per heavy atom. The van der Waals surface area contributed by atoms with Gasteiger partial charge in [-0.1, -0.05) is 18.5 Å². The lowest BCUT2D eigenvalue weighted by molar-refractivity contribution is 0.545. The van der Waals surface area contributed by atoms with Gasteiger partial charge in [0.15, 0.2) is 0 Å². The molecular weight excluding hydrogens is 248 g/mol. The number of nitrogens with zero attached hydrogens (tertiary/aromatic N) is 3. The van der Waals surface area contributed by atoms with E-state index < -0.39 is 0 Å². The van der Waals surface area contributed by atoms with E-state index in [0.29, 0.717) is 5.02 Å². The summed E-state index contributed by atoms with van der Waals surface area (Å²) in [5, 5.41) is 4.10. The van der Waals surface area contributed by atoms with Gasteiger partial charge < -0.3 is 9.88 Å². The van der Waals surface area contributed by atoms with Crippen molar-refractivity contribution >= 4 is 11.6 Å². The standard InChI is InChI=1S/C13H17ClN4/c1-3-6-15-12(13-17-8-9-18(13)2)11-10(14)5-4-7-16-11/h4-5,7-9,12,15H,3,6H2,1-2H3. The van der Waals surface area contributed by atoms with Crippen LogP contribution in [0.25, 0.3) is 0 Å². The van der Waals surface area contributed by atoms with Crippen LogP contribution in [0.4, 0.5) is 0 Å². The van der Waals surface area contributed by atoms with Gasteiger partial charge in [0, 0.05) is 25.6 Å². The molecule has 0 aliphatic heterocycles. The molecule has 0 radical (unpaired) electrons. The summed E-state index contributed by atoms with van der Waals surface area (Å²) in [4.78, 5) is 8.77. The molecule has 0 bridgehead atoms. The Bertz CT molecular complexity index is 509. The molecule has 2 aromatic rings. The van der Waals surface area contributed by atoms with Gasteiger partial charge in [0.1, 0.15) is 11.9 Å². The number of imidazole rings is 1. The molecule has 0 amide bonds. The zero-order valence-corrected chi connectivity index (χ0v) is 11.4. The van der Waals surface area contributed by atoms with Gasteiger partial charge in [-0.2, -0.15) is 0 Å². The van der Waals surface area contributed by atoms with E-state index in [4.69, 9.17) is 11.6 Å². The second-order valence-corrected chi connectivity index (χ2v) is 4.56. The molecule has 2 rings (SSSR count). The predicted octanol–water partition coefficient (Wildman–Crippen LogP) is 2.56. The fourth-order valence-electron chi connectivity index (χ4n) is 1.86. The minimum absolute atomic E-state index is 0.0707. The summed E-state index contributed by atoms with van der Waals surface area (Å²) in [5.41, 5.74) is 0.821. The van der Waals surface area contributed by atoms with Gasteiger partial charge in [0.25, 0.3) is 0 Å². The normalized spacial score (nSPS) is 12.6. The summed E-state index contributed by atoms with van der Waals surface area (Å²) in [6.45, 7) is 3.02. The maximum absolute atomic E-state index is 6.23. The Morgan fingerprint density at radius 2 is 2.22 bits per heavy atom. The maximum atomic E-state index is 6.23. The lowest BCUT2D eigenvalue weighted by Gasteiger charge is -2.18. The number of aryl methyl sites for hydroxylation is 1. The average molecular weight is 265 g/mol. The predicted molar refractivity (Wildman–Crippen MR) is 72.6 cm³/mol. The van der Waals surface area contributed by atoms with Gasteiger partial charge in [-0.3, -0.25) is 4.98 Å². The first-order valence-corrected chi connectivity index (χ1v) is 6.42. The Morgan fingerprint density at radius 1 is 1.39 bits per heavy atom. The van der Waals surface area contributed by atoms with Crippen molar-refractivity contribution in [3.8, 4) is 0 Å². The lowest BCUT2D eigenvalue weighted by atomic mass is 10.1. The highest BCUT2D eigenvalue weighted by Gasteiger charge is 2.21. The van der Waals surface area contributed by atoms with E-state index in [0.717, 1.165) is 24.5 Å². The van der Waals surface area contributed by atoms with Gasteiger partial charge in [-0.15, -0.1) is 0 Å². The van der Waals surface area contributed by atoms with Crippen LogP contribution in [0.5, 0.6) is 0 Å². The van der Waals surface area contributed by atoms with Crippen LogP contribution in [0.15, 0.2) is 30.7 Å². The first kappa shape index (κ1) is 13.1.